The first-order valence-corrected chi connectivity index (χ1v) is 47.2. The van der Waals surface area contributed by atoms with Crippen LogP contribution in [-0.4, -0.2) is 92.7 Å². The minimum atomic E-state index is 0.255. The largest absolute Gasteiger partial charge is 0.333 e. The molecule has 8 bridgehead atoms. The Kier molecular flexibility index (Phi) is 46.8. The second kappa shape index (κ2) is 58.4. The molecule has 0 saturated heterocycles. The first-order chi connectivity index (χ1) is 59.3. The molecule has 9 rings (SSSR count). The molecule has 0 spiro atoms. The number of benzene rings is 4. The number of nitrogens with zero attached hydrogens (tertiary/aromatic N) is 6. The third-order valence-corrected chi connectivity index (χ3v) is 21.9. The van der Waals surface area contributed by atoms with Crippen LogP contribution in [0.15, 0.2) is 48.5 Å². The number of H-pyrrole nitrogens is 2. The Morgan fingerprint density at radius 3 is 0.475 bits per heavy atom. The molecule has 7 aromatic rings. The maximum absolute atomic E-state index is 6.32. The molecule has 0 radical (unpaired) electrons. The van der Waals surface area contributed by atoms with E-state index in [0.29, 0.717) is 119 Å². The van der Waals surface area contributed by atoms with E-state index in [0.717, 1.165) is 205 Å². The predicted octanol–water partition coefficient (Wildman–Crippen LogP) is 28.2. The standard InChI is InChI=1S/C96H146N8O16/c1-9-17-25-33-41-49-57-105-113-81-65-73-74(66-82(81)114-106-58-50-42-34-26-18-10-2)90-97-89(73)101-91-75-67-83(115-107-59-51-43-35-27-19-11-3)84(116-108-60-52-44-36-28-20-12-4)68-76(75)93(98-91)103-95-79-71-87(119-111-63-55-47-39-31-23-15-7)88(120-112-64-56-48-40-32-24-16-8)72-80(79)96(100-95)104-94-78-70-86(118-110-62-54-46-38-30-22-14-6)85(69-77(78)92(99-94)102-90)117-109-61-53-45-37-29-21-13-5/h65-72H,9-64H2,1-8H3,(H2,97,98,99,100,101,102,103,104). The van der Waals surface area contributed by atoms with Gasteiger partial charge < -0.3 is 49.1 Å². The predicted molar refractivity (Wildman–Crippen MR) is 476 cm³/mol. The minimum Gasteiger partial charge on any atom is -0.333 e. The molecule has 666 valence electrons. The van der Waals surface area contributed by atoms with Crippen LogP contribution in [-0.2, 0) is 39.1 Å². The van der Waals surface area contributed by atoms with Crippen LogP contribution in [0.2, 0.25) is 0 Å². The second-order valence-electron chi connectivity index (χ2n) is 32.4. The fourth-order valence-electron chi connectivity index (χ4n) is 14.7. The number of aromatic amines is 2. The van der Waals surface area contributed by atoms with Crippen LogP contribution in [0.1, 0.15) is 364 Å². The van der Waals surface area contributed by atoms with Gasteiger partial charge in [0.05, 0.1) is 52.9 Å². The molecule has 2 N–H and O–H groups in total. The monoisotopic (exact) mass is 1670 g/mol. The van der Waals surface area contributed by atoms with Gasteiger partial charge in [-0.25, -0.2) is 29.9 Å². The zero-order valence-electron chi connectivity index (χ0n) is 74.4. The molecule has 2 aliphatic rings. The third-order valence-electron chi connectivity index (χ3n) is 21.9. The second-order valence-corrected chi connectivity index (χ2v) is 32.4. The molecule has 4 aromatic carbocycles. The van der Waals surface area contributed by atoms with E-state index in [-0.39, 0.29) is 69.3 Å². The van der Waals surface area contributed by atoms with E-state index in [9.17, 15) is 0 Å². The molecule has 0 fully saturated rings. The molecule has 2 aliphatic heterocycles. The van der Waals surface area contributed by atoms with Gasteiger partial charge in [-0.2, -0.15) is 39.1 Å². The summed E-state index contributed by atoms with van der Waals surface area (Å²) in [5.74, 6) is 3.10. The maximum atomic E-state index is 6.32. The average molecular weight is 1670 g/mol. The number of nitrogens with one attached hydrogen (secondary N) is 2. The Labute approximate surface area is 715 Å². The van der Waals surface area contributed by atoms with Gasteiger partial charge in [0.25, 0.3) is 0 Å². The van der Waals surface area contributed by atoms with Gasteiger partial charge in [-0.05, 0) is 51.4 Å². The Morgan fingerprint density at radius 2 is 0.317 bits per heavy atom. The van der Waals surface area contributed by atoms with Crippen molar-refractivity contribution in [1.29, 1.82) is 0 Å². The topological polar surface area (TPSA) is 257 Å². The molecule has 0 unspecified atom stereocenters. The number of rotatable bonds is 72. The van der Waals surface area contributed by atoms with Gasteiger partial charge in [-0.3, -0.25) is 0 Å². The van der Waals surface area contributed by atoms with Gasteiger partial charge >= 0.3 is 0 Å². The van der Waals surface area contributed by atoms with Crippen LogP contribution in [0, 0.1) is 0 Å². The Bertz CT molecular complexity index is 3660. The highest BCUT2D eigenvalue weighted by atomic mass is 17.2. The quantitative estimate of drug-likeness (QED) is 0.0204. The highest BCUT2D eigenvalue weighted by Gasteiger charge is 2.30. The molecular weight excluding hydrogens is 1520 g/mol. The van der Waals surface area contributed by atoms with E-state index < -0.39 is 0 Å². The molecule has 0 atom stereocenters. The van der Waals surface area contributed by atoms with Gasteiger partial charge in [0, 0.05) is 92.3 Å². The van der Waals surface area contributed by atoms with Crippen LogP contribution >= 0.6 is 0 Å². The molecule has 0 saturated carbocycles. The van der Waals surface area contributed by atoms with Gasteiger partial charge in [0.15, 0.2) is 23.3 Å². The fourth-order valence-corrected chi connectivity index (χ4v) is 14.7. The summed E-state index contributed by atoms with van der Waals surface area (Å²) >= 11 is 0. The van der Waals surface area contributed by atoms with Crippen molar-refractivity contribution in [2.45, 2.75) is 364 Å². The Hall–Kier alpha value is -7.68. The van der Waals surface area contributed by atoms with Crippen LogP contribution in [0.25, 0.3) is 89.7 Å². The average Bonchev–Trinajstić information content (AvgIpc) is 1.59. The summed E-state index contributed by atoms with van der Waals surface area (Å²) in [6.07, 6.45) is 51.5. The lowest BCUT2D eigenvalue weighted by molar-refractivity contribution is -0.229. The number of aromatic nitrogens is 8. The van der Waals surface area contributed by atoms with E-state index in [1.54, 1.807) is 0 Å². The lowest BCUT2D eigenvalue weighted by Crippen LogP contribution is -2.05. The molecule has 0 amide bonds. The van der Waals surface area contributed by atoms with Crippen molar-refractivity contribution >= 4 is 44.1 Å². The number of hydrogen-bond donors (Lipinski definition) is 2. The molecule has 120 heavy (non-hydrogen) atoms. The molecule has 24 heteroatoms. The molecule has 0 aliphatic carbocycles. The van der Waals surface area contributed by atoms with Crippen molar-refractivity contribution in [2.24, 2.45) is 0 Å². The Balaban J connectivity index is 1.30. The SMILES string of the molecule is CCCCCCCCOOc1cc2c(cc1OOCCCCCCCC)-c1nc-2nc2[nH]c(nc3nc(nc4[nH]c(n1)c1cc(OOCCCCCCCC)c(OOCCCCCCCC)cc41)-c1cc(OOCCCCCCCC)c(OOCCCCCCCC)cc1-3)c1cc(OOCCCCCCCC)c(OOCCCCCCCC)cc21. The summed E-state index contributed by atoms with van der Waals surface area (Å²) in [4.78, 5) is 139. The summed E-state index contributed by atoms with van der Waals surface area (Å²) in [6.45, 7) is 20.6. The molecular formula is C96H146N8O16. The van der Waals surface area contributed by atoms with E-state index in [4.69, 9.17) is 108 Å². The smallest absolute Gasteiger partial charge is 0.212 e. The van der Waals surface area contributed by atoms with Crippen molar-refractivity contribution in [3.05, 3.63) is 48.5 Å². The van der Waals surface area contributed by atoms with Gasteiger partial charge in [-0.1, -0.05) is 312 Å². The Morgan fingerprint density at radius 1 is 0.175 bits per heavy atom. The van der Waals surface area contributed by atoms with Crippen LogP contribution in [0.5, 0.6) is 46.0 Å². The minimum absolute atomic E-state index is 0.255. The first kappa shape index (κ1) is 96.1. The van der Waals surface area contributed by atoms with E-state index in [2.05, 4.69) is 65.4 Å². The zero-order chi connectivity index (χ0) is 84.1. The summed E-state index contributed by atoms with van der Waals surface area (Å²) in [6, 6.07) is 14.6. The first-order valence-electron chi connectivity index (χ1n) is 47.2. The highest BCUT2D eigenvalue weighted by Crippen LogP contribution is 2.47. The summed E-state index contributed by atoms with van der Waals surface area (Å²) in [5, 5.41) is 2.28. The van der Waals surface area contributed by atoms with Gasteiger partial charge in [-0.15, -0.1) is 0 Å². The molecule has 24 nitrogen and oxygen atoms in total. The zero-order valence-corrected chi connectivity index (χ0v) is 74.4. The van der Waals surface area contributed by atoms with Crippen molar-refractivity contribution in [3.63, 3.8) is 0 Å². The summed E-state index contributed by atoms with van der Waals surface area (Å²) in [7, 11) is 0. The van der Waals surface area contributed by atoms with Crippen LogP contribution in [0.3, 0.4) is 0 Å². The fraction of sp³-hybridized carbons (Fsp3) is 0.667. The highest BCUT2D eigenvalue weighted by molar-refractivity contribution is 6.08. The van der Waals surface area contributed by atoms with Crippen molar-refractivity contribution in [1.82, 2.24) is 39.9 Å². The summed E-state index contributed by atoms with van der Waals surface area (Å²) < 4.78 is 0. The normalized spacial score (nSPS) is 11.8. The van der Waals surface area contributed by atoms with Crippen LogP contribution < -0.4 is 39.1 Å². The van der Waals surface area contributed by atoms with Crippen LogP contribution in [0.4, 0.5) is 0 Å². The lowest BCUT2D eigenvalue weighted by atomic mass is 10.1. The summed E-state index contributed by atoms with van der Waals surface area (Å²) in [5.41, 5.74) is 3.56. The lowest BCUT2D eigenvalue weighted by Gasteiger charge is -2.13. The van der Waals surface area contributed by atoms with E-state index in [1.807, 2.05) is 48.5 Å². The van der Waals surface area contributed by atoms with Gasteiger partial charge in [0.2, 0.25) is 46.0 Å². The third kappa shape index (κ3) is 32.9. The van der Waals surface area contributed by atoms with E-state index in [1.165, 1.54) is 103 Å². The number of fused-ring (bicyclic) bond motifs is 20. The van der Waals surface area contributed by atoms with Crippen molar-refractivity contribution in [3.8, 4) is 91.5 Å². The van der Waals surface area contributed by atoms with Crippen molar-refractivity contribution < 1.29 is 78.2 Å². The van der Waals surface area contributed by atoms with Gasteiger partial charge in [0.1, 0.15) is 22.6 Å². The molecule has 5 heterocycles. The number of unbranched alkanes of at least 4 members (excludes halogenated alkanes) is 40. The van der Waals surface area contributed by atoms with E-state index >= 15 is 0 Å². The van der Waals surface area contributed by atoms with Crippen molar-refractivity contribution in [2.75, 3.05) is 52.9 Å². The molecule has 3 aromatic heterocycles. The number of hydrogen-bond acceptors (Lipinski definition) is 22. The maximum Gasteiger partial charge on any atom is 0.212 e.